The summed E-state index contributed by atoms with van der Waals surface area (Å²) in [5, 5.41) is 4.24. The van der Waals surface area contributed by atoms with E-state index in [1.54, 1.807) is 0 Å². The van der Waals surface area contributed by atoms with Crippen LogP contribution in [0.5, 0.6) is 0 Å². The van der Waals surface area contributed by atoms with Crippen molar-refractivity contribution < 1.29 is 0 Å². The van der Waals surface area contributed by atoms with Gasteiger partial charge in [-0.25, -0.2) is 0 Å². The van der Waals surface area contributed by atoms with Crippen molar-refractivity contribution in [2.45, 2.75) is 12.2 Å². The summed E-state index contributed by atoms with van der Waals surface area (Å²) in [5.74, 6) is 3.87. The Labute approximate surface area is 106 Å². The van der Waals surface area contributed by atoms with Crippen LogP contribution in [0.25, 0.3) is 0 Å². The van der Waals surface area contributed by atoms with E-state index in [1.807, 2.05) is 13.0 Å². The number of anilines is 2. The molecule has 0 radical (unpaired) electrons. The summed E-state index contributed by atoms with van der Waals surface area (Å²) in [7, 11) is 0. The molecule has 1 heterocycles. The Morgan fingerprint density at radius 1 is 1.44 bits per heavy atom. The van der Waals surface area contributed by atoms with Gasteiger partial charge in [-0.3, -0.25) is 0 Å². The molecule has 4 heteroatoms. The quantitative estimate of drug-likeness (QED) is 0.814. The lowest BCUT2D eigenvalue weighted by Gasteiger charge is -2.21. The minimum Gasteiger partial charge on any atom is -0.399 e. The largest absolute Gasteiger partial charge is 0.399 e. The van der Waals surface area contributed by atoms with Crippen molar-refractivity contribution in [1.82, 2.24) is 0 Å². The maximum absolute atomic E-state index is 5.79. The Morgan fingerprint density at radius 3 is 3.00 bits per heavy atom. The van der Waals surface area contributed by atoms with Crippen LogP contribution in [0.1, 0.15) is 5.56 Å². The van der Waals surface area contributed by atoms with Crippen LogP contribution in [0, 0.1) is 6.92 Å². The van der Waals surface area contributed by atoms with Gasteiger partial charge in [0.1, 0.15) is 0 Å². The lowest BCUT2D eigenvalue weighted by molar-refractivity contribution is 1.00. The molecule has 3 N–H and O–H groups in total. The van der Waals surface area contributed by atoms with Gasteiger partial charge in [0.05, 0.1) is 0 Å². The molecule has 0 bridgehead atoms. The van der Waals surface area contributed by atoms with Crippen molar-refractivity contribution in [3.05, 3.63) is 23.8 Å². The summed E-state index contributed by atoms with van der Waals surface area (Å²) in [5.41, 5.74) is 8.99. The van der Waals surface area contributed by atoms with Gasteiger partial charge in [0.25, 0.3) is 0 Å². The fourth-order valence-corrected chi connectivity index (χ4v) is 4.28. The number of aryl methyl sites for hydroxylation is 1. The minimum atomic E-state index is 0.747. The molecule has 1 aliphatic heterocycles. The van der Waals surface area contributed by atoms with Gasteiger partial charge >= 0.3 is 0 Å². The van der Waals surface area contributed by atoms with Crippen LogP contribution < -0.4 is 11.1 Å². The normalized spacial score (nSPS) is 20.7. The predicted octanol–water partition coefficient (Wildman–Crippen LogP) is 2.84. The highest BCUT2D eigenvalue weighted by Crippen LogP contribution is 2.24. The highest BCUT2D eigenvalue weighted by molar-refractivity contribution is 8.06. The molecular formula is C12H18N2S2. The Kier molecular flexibility index (Phi) is 4.29. The van der Waals surface area contributed by atoms with Gasteiger partial charge in [0.15, 0.2) is 0 Å². The number of rotatable bonds is 3. The summed E-state index contributed by atoms with van der Waals surface area (Å²) in [6.45, 7) is 3.10. The molecule has 16 heavy (non-hydrogen) atoms. The highest BCUT2D eigenvalue weighted by Gasteiger charge is 2.13. The second-order valence-corrected chi connectivity index (χ2v) is 6.58. The molecule has 0 spiro atoms. The van der Waals surface area contributed by atoms with Gasteiger partial charge in [-0.2, -0.15) is 23.5 Å². The zero-order valence-electron chi connectivity index (χ0n) is 9.53. The van der Waals surface area contributed by atoms with E-state index < -0.39 is 0 Å². The van der Waals surface area contributed by atoms with Crippen LogP contribution in [0.3, 0.4) is 0 Å². The fourth-order valence-electron chi connectivity index (χ4n) is 1.67. The first-order valence-corrected chi connectivity index (χ1v) is 7.75. The number of hydrogen-bond donors (Lipinski definition) is 2. The monoisotopic (exact) mass is 254 g/mol. The standard InChI is InChI=1S/C12H18N2S2/c1-9-6-10(2-3-12(9)13)14-7-11-8-15-4-5-16-11/h2-3,6,11,14H,4-5,7-8,13H2,1H3. The third-order valence-corrected chi connectivity index (χ3v) is 5.53. The summed E-state index contributed by atoms with van der Waals surface area (Å²) in [4.78, 5) is 0. The van der Waals surface area contributed by atoms with Gasteiger partial charge in [0.2, 0.25) is 0 Å². The van der Waals surface area contributed by atoms with Crippen molar-refractivity contribution in [3.8, 4) is 0 Å². The first-order chi connectivity index (χ1) is 7.75. The van der Waals surface area contributed by atoms with E-state index >= 15 is 0 Å². The first kappa shape index (κ1) is 12.0. The molecule has 2 nitrogen and oxygen atoms in total. The van der Waals surface area contributed by atoms with Gasteiger partial charge in [-0.15, -0.1) is 0 Å². The van der Waals surface area contributed by atoms with Gasteiger partial charge < -0.3 is 11.1 Å². The van der Waals surface area contributed by atoms with Crippen molar-refractivity contribution in [3.63, 3.8) is 0 Å². The van der Waals surface area contributed by atoms with E-state index in [-0.39, 0.29) is 0 Å². The maximum atomic E-state index is 5.79. The minimum absolute atomic E-state index is 0.747. The molecule has 1 saturated heterocycles. The third-order valence-electron chi connectivity index (χ3n) is 2.69. The van der Waals surface area contributed by atoms with Crippen molar-refractivity contribution in [1.29, 1.82) is 0 Å². The molecule has 1 aliphatic rings. The van der Waals surface area contributed by atoms with E-state index in [0.29, 0.717) is 0 Å². The number of nitrogens with two attached hydrogens (primary N) is 1. The summed E-state index contributed by atoms with van der Waals surface area (Å²) in [6, 6.07) is 6.15. The molecule has 0 aliphatic carbocycles. The van der Waals surface area contributed by atoms with Crippen LogP contribution in [-0.2, 0) is 0 Å². The summed E-state index contributed by atoms with van der Waals surface area (Å²) in [6.07, 6.45) is 0. The average molecular weight is 254 g/mol. The van der Waals surface area contributed by atoms with Crippen LogP contribution in [0.4, 0.5) is 11.4 Å². The van der Waals surface area contributed by atoms with E-state index in [0.717, 1.165) is 23.0 Å². The molecule has 1 aromatic carbocycles. The molecule has 2 rings (SSSR count). The van der Waals surface area contributed by atoms with E-state index in [2.05, 4.69) is 41.0 Å². The molecule has 1 fully saturated rings. The Bertz CT molecular complexity index is 349. The van der Waals surface area contributed by atoms with E-state index in [1.165, 1.54) is 22.9 Å². The van der Waals surface area contributed by atoms with E-state index in [4.69, 9.17) is 5.73 Å². The molecule has 0 aromatic heterocycles. The molecule has 1 atom stereocenters. The number of benzene rings is 1. The number of nitrogen functional groups attached to an aromatic ring is 1. The summed E-state index contributed by atoms with van der Waals surface area (Å²) >= 11 is 4.14. The van der Waals surface area contributed by atoms with Crippen molar-refractivity contribution >= 4 is 34.9 Å². The zero-order chi connectivity index (χ0) is 11.4. The van der Waals surface area contributed by atoms with Gasteiger partial charge in [-0.1, -0.05) is 0 Å². The predicted molar refractivity (Wildman–Crippen MR) is 77.7 cm³/mol. The van der Waals surface area contributed by atoms with Crippen LogP contribution >= 0.6 is 23.5 Å². The molecular weight excluding hydrogens is 236 g/mol. The van der Waals surface area contributed by atoms with Gasteiger partial charge in [-0.05, 0) is 30.7 Å². The Hall–Kier alpha value is -0.480. The second kappa shape index (κ2) is 5.73. The topological polar surface area (TPSA) is 38.0 Å². The van der Waals surface area contributed by atoms with Crippen LogP contribution in [-0.4, -0.2) is 29.1 Å². The number of thioether (sulfide) groups is 2. The molecule has 0 amide bonds. The maximum Gasteiger partial charge on any atom is 0.0345 e. The first-order valence-electron chi connectivity index (χ1n) is 5.55. The smallest absolute Gasteiger partial charge is 0.0345 e. The Morgan fingerprint density at radius 2 is 2.31 bits per heavy atom. The van der Waals surface area contributed by atoms with Crippen molar-refractivity contribution in [2.24, 2.45) is 0 Å². The molecule has 0 saturated carbocycles. The fraction of sp³-hybridized carbons (Fsp3) is 0.500. The number of hydrogen-bond acceptors (Lipinski definition) is 4. The third kappa shape index (κ3) is 3.25. The average Bonchev–Trinajstić information content (AvgIpc) is 2.32. The lowest BCUT2D eigenvalue weighted by atomic mass is 10.2. The SMILES string of the molecule is Cc1cc(NCC2CSCCS2)ccc1N. The second-order valence-electron chi connectivity index (χ2n) is 4.02. The molecule has 88 valence electrons. The van der Waals surface area contributed by atoms with Gasteiger partial charge in [0, 0.05) is 40.4 Å². The summed E-state index contributed by atoms with van der Waals surface area (Å²) < 4.78 is 0. The van der Waals surface area contributed by atoms with Crippen molar-refractivity contribution in [2.75, 3.05) is 34.9 Å². The molecule has 1 unspecified atom stereocenters. The lowest BCUT2D eigenvalue weighted by Crippen LogP contribution is -2.23. The molecule has 1 aromatic rings. The Balaban J connectivity index is 1.86. The van der Waals surface area contributed by atoms with Crippen LogP contribution in [0.2, 0.25) is 0 Å². The van der Waals surface area contributed by atoms with E-state index in [9.17, 15) is 0 Å². The highest BCUT2D eigenvalue weighted by atomic mass is 32.2. The zero-order valence-corrected chi connectivity index (χ0v) is 11.2. The number of nitrogens with one attached hydrogen (secondary N) is 1. The van der Waals surface area contributed by atoms with Crippen LogP contribution in [0.15, 0.2) is 18.2 Å².